The molecule has 2 atom stereocenters. The zero-order chi connectivity index (χ0) is 32.1. The molecule has 0 aliphatic carbocycles. The van der Waals surface area contributed by atoms with Crippen molar-refractivity contribution in [3.63, 3.8) is 0 Å². The number of aryl methyl sites for hydroxylation is 1. The van der Waals surface area contributed by atoms with Crippen molar-refractivity contribution in [2.45, 2.75) is 37.8 Å². The summed E-state index contributed by atoms with van der Waals surface area (Å²) in [4.78, 5) is 38.4. The number of hydrogen-bond donors (Lipinski definition) is 2. The van der Waals surface area contributed by atoms with Gasteiger partial charge in [0.25, 0.3) is 5.56 Å². The number of fused-ring (bicyclic) bond motifs is 6. The highest BCUT2D eigenvalue weighted by molar-refractivity contribution is 5.85. The molecule has 0 saturated heterocycles. The molecular formula is C28H19F7N4O5. The van der Waals surface area contributed by atoms with Crippen LogP contribution in [0.4, 0.5) is 30.7 Å². The minimum absolute atomic E-state index is 0.00489. The molecule has 3 heterocycles. The van der Waals surface area contributed by atoms with E-state index in [2.05, 4.69) is 10.4 Å². The second-order valence-electron chi connectivity index (χ2n) is 9.80. The van der Waals surface area contributed by atoms with Gasteiger partial charge in [0.1, 0.15) is 23.3 Å². The second kappa shape index (κ2) is 10.8. The van der Waals surface area contributed by atoms with E-state index in [-0.39, 0.29) is 23.3 Å². The highest BCUT2D eigenvalue weighted by atomic mass is 19.4. The standard InChI is InChI=1S/C28H19F7N4O5/c1-13-3-2-4-20-23(13)39-12-17(25(37-39)28(33,34)35)19(11-22(41)42)36-26(43)24(16-10-15(44-20)5-6-18(16)29)38-8-7-14(9-21(38)40)27(30,31)32/h2-10,12,19,24H,11H2,1H3,(H,36,43)(H,41,42)/t19-,24+/m0/s1. The number of hydrogen-bond acceptors (Lipinski definition) is 5. The number of carbonyl (C=O) groups excluding carboxylic acids is 1. The SMILES string of the molecule is Cc1cccc2c1-n1cc(c(C(F)(F)F)n1)[C@H](CC(=O)O)NC(=O)[C@H](n1ccc(C(F)(F)F)cc1=O)c1cc(ccc1F)O2. The van der Waals surface area contributed by atoms with E-state index in [1.54, 1.807) is 0 Å². The molecule has 16 heteroatoms. The first-order valence-electron chi connectivity index (χ1n) is 12.6. The molecular weight excluding hydrogens is 605 g/mol. The summed E-state index contributed by atoms with van der Waals surface area (Å²) in [6.07, 6.45) is -9.78. The number of para-hydroxylation sites is 1. The molecule has 5 rings (SSSR count). The average Bonchev–Trinajstić information content (AvgIpc) is 3.36. The predicted octanol–water partition coefficient (Wildman–Crippen LogP) is 5.55. The lowest BCUT2D eigenvalue weighted by Crippen LogP contribution is -2.40. The molecule has 1 amide bonds. The highest BCUT2D eigenvalue weighted by Gasteiger charge is 2.42. The van der Waals surface area contributed by atoms with Gasteiger partial charge in [-0.2, -0.15) is 31.4 Å². The summed E-state index contributed by atoms with van der Waals surface area (Å²) in [5.74, 6) is -4.39. The summed E-state index contributed by atoms with van der Waals surface area (Å²) in [6, 6.07) is 3.94. The maximum Gasteiger partial charge on any atom is 0.435 e. The molecule has 9 nitrogen and oxygen atoms in total. The molecule has 1 aliphatic heterocycles. The van der Waals surface area contributed by atoms with Crippen molar-refractivity contribution in [2.75, 3.05) is 0 Å². The van der Waals surface area contributed by atoms with Crippen molar-refractivity contribution >= 4 is 11.9 Å². The number of halogens is 7. The van der Waals surface area contributed by atoms with E-state index in [1.807, 2.05) is 0 Å². The van der Waals surface area contributed by atoms with Crippen molar-refractivity contribution in [1.29, 1.82) is 0 Å². The first-order chi connectivity index (χ1) is 20.5. The maximum atomic E-state index is 15.3. The number of pyridine rings is 1. The molecule has 0 spiro atoms. The molecule has 4 bridgehead atoms. The van der Waals surface area contributed by atoms with Crippen LogP contribution in [0, 0.1) is 12.7 Å². The zero-order valence-corrected chi connectivity index (χ0v) is 22.2. The Labute approximate surface area is 242 Å². The van der Waals surface area contributed by atoms with E-state index < -0.39 is 76.5 Å². The van der Waals surface area contributed by atoms with Crippen LogP contribution in [0.15, 0.2) is 65.7 Å². The van der Waals surface area contributed by atoms with Crippen LogP contribution in [0.2, 0.25) is 0 Å². The third-order valence-electron chi connectivity index (χ3n) is 6.80. The maximum absolute atomic E-state index is 15.3. The van der Waals surface area contributed by atoms with Crippen LogP contribution < -0.4 is 15.6 Å². The molecule has 1 aliphatic rings. The average molecular weight is 624 g/mol. The lowest BCUT2D eigenvalue weighted by molar-refractivity contribution is -0.144. The molecule has 0 fully saturated rings. The fourth-order valence-electron chi connectivity index (χ4n) is 4.87. The Kier molecular flexibility index (Phi) is 7.47. The van der Waals surface area contributed by atoms with Crippen LogP contribution >= 0.6 is 0 Å². The zero-order valence-electron chi connectivity index (χ0n) is 22.2. The highest BCUT2D eigenvalue weighted by Crippen LogP contribution is 2.39. The summed E-state index contributed by atoms with van der Waals surface area (Å²) in [5.41, 5.74) is -5.35. The molecule has 2 aromatic carbocycles. The van der Waals surface area contributed by atoms with Crippen molar-refractivity contribution in [2.24, 2.45) is 0 Å². The smallest absolute Gasteiger partial charge is 0.435 e. The van der Waals surface area contributed by atoms with Gasteiger partial charge < -0.3 is 15.2 Å². The molecule has 44 heavy (non-hydrogen) atoms. The van der Waals surface area contributed by atoms with Crippen LogP contribution in [-0.4, -0.2) is 31.3 Å². The van der Waals surface area contributed by atoms with Gasteiger partial charge in [-0.15, -0.1) is 0 Å². The lowest BCUT2D eigenvalue weighted by atomic mass is 10.0. The monoisotopic (exact) mass is 624 g/mol. The van der Waals surface area contributed by atoms with Crippen LogP contribution in [0.25, 0.3) is 5.69 Å². The Morgan fingerprint density at radius 3 is 2.39 bits per heavy atom. The van der Waals surface area contributed by atoms with Crippen molar-refractivity contribution in [3.8, 4) is 17.2 Å². The van der Waals surface area contributed by atoms with E-state index >= 15 is 4.39 Å². The van der Waals surface area contributed by atoms with E-state index in [1.165, 1.54) is 25.1 Å². The van der Waals surface area contributed by atoms with Crippen LogP contribution in [0.3, 0.4) is 0 Å². The van der Waals surface area contributed by atoms with Gasteiger partial charge in [-0.3, -0.25) is 19.0 Å². The number of carbonyl (C=O) groups is 2. The second-order valence-corrected chi connectivity index (χ2v) is 9.80. The van der Waals surface area contributed by atoms with Gasteiger partial charge in [0.05, 0.1) is 18.0 Å². The summed E-state index contributed by atoms with van der Waals surface area (Å²) in [7, 11) is 0. The number of alkyl halides is 6. The van der Waals surface area contributed by atoms with E-state index in [0.29, 0.717) is 22.4 Å². The van der Waals surface area contributed by atoms with Crippen LogP contribution in [-0.2, 0) is 21.9 Å². The van der Waals surface area contributed by atoms with Crippen molar-refractivity contribution in [3.05, 3.63) is 105 Å². The van der Waals surface area contributed by atoms with Gasteiger partial charge in [0.15, 0.2) is 11.4 Å². The predicted molar refractivity (Wildman–Crippen MR) is 137 cm³/mol. The Balaban J connectivity index is 1.81. The molecule has 2 aromatic heterocycles. The van der Waals surface area contributed by atoms with Gasteiger partial charge >= 0.3 is 18.3 Å². The molecule has 4 aromatic rings. The summed E-state index contributed by atoms with van der Waals surface area (Å²) >= 11 is 0. The van der Waals surface area contributed by atoms with Gasteiger partial charge in [-0.1, -0.05) is 12.1 Å². The van der Waals surface area contributed by atoms with Gasteiger partial charge in [0, 0.05) is 29.6 Å². The summed E-state index contributed by atoms with van der Waals surface area (Å²) in [5, 5.41) is 15.3. The Bertz CT molecular complexity index is 1850. The van der Waals surface area contributed by atoms with E-state index in [0.717, 1.165) is 29.1 Å². The van der Waals surface area contributed by atoms with Crippen LogP contribution in [0.5, 0.6) is 11.5 Å². The summed E-state index contributed by atoms with van der Waals surface area (Å²) < 4.78 is 105. The Hall–Kier alpha value is -5.15. The topological polar surface area (TPSA) is 115 Å². The van der Waals surface area contributed by atoms with Crippen molar-refractivity contribution < 1.29 is 50.2 Å². The minimum Gasteiger partial charge on any atom is -0.481 e. The largest absolute Gasteiger partial charge is 0.481 e. The first kappa shape index (κ1) is 30.3. The first-order valence-corrected chi connectivity index (χ1v) is 12.6. The van der Waals surface area contributed by atoms with Gasteiger partial charge in [-0.25, -0.2) is 9.07 Å². The lowest BCUT2D eigenvalue weighted by Gasteiger charge is -2.25. The minimum atomic E-state index is -5.15. The molecule has 230 valence electrons. The van der Waals surface area contributed by atoms with E-state index in [9.17, 15) is 45.8 Å². The number of benzene rings is 2. The number of carboxylic acid groups (broad SMARTS) is 1. The Morgan fingerprint density at radius 2 is 1.75 bits per heavy atom. The van der Waals surface area contributed by atoms with Crippen molar-refractivity contribution in [1.82, 2.24) is 19.7 Å². The number of ether oxygens (including phenoxy) is 1. The number of nitrogens with zero attached hydrogens (tertiary/aromatic N) is 3. The fourth-order valence-corrected chi connectivity index (χ4v) is 4.87. The molecule has 2 N–H and O–H groups in total. The molecule has 0 unspecified atom stereocenters. The number of carboxylic acids is 1. The number of aromatic nitrogens is 3. The molecule has 0 radical (unpaired) electrons. The number of nitrogens with one attached hydrogen (secondary N) is 1. The van der Waals surface area contributed by atoms with E-state index in [4.69, 9.17) is 4.74 Å². The summed E-state index contributed by atoms with van der Waals surface area (Å²) in [6.45, 7) is 1.54. The fraction of sp³-hybridized carbons (Fsp3) is 0.214. The number of aliphatic carboxylic acids is 1. The molecule has 0 saturated carbocycles. The van der Waals surface area contributed by atoms with Gasteiger partial charge in [-0.05, 0) is 42.8 Å². The Morgan fingerprint density at radius 1 is 1.02 bits per heavy atom. The normalized spacial score (nSPS) is 17.0. The van der Waals surface area contributed by atoms with Crippen LogP contribution in [0.1, 0.15) is 46.5 Å². The van der Waals surface area contributed by atoms with Gasteiger partial charge in [0.2, 0.25) is 5.91 Å². The third kappa shape index (κ3) is 5.74. The number of amides is 1. The third-order valence-corrected chi connectivity index (χ3v) is 6.80. The quantitative estimate of drug-likeness (QED) is 0.289. The number of rotatable bonds is 3.